The molecule has 4 aromatic rings. The summed E-state index contributed by atoms with van der Waals surface area (Å²) in [6, 6.07) is 11.6. The molecule has 1 aromatic heterocycles. The van der Waals surface area contributed by atoms with Gasteiger partial charge in [0, 0.05) is 42.6 Å². The molecule has 4 fully saturated rings. The second-order valence-electron chi connectivity index (χ2n) is 13.4. The number of nitrogens with one attached hydrogen (secondary N) is 1. The van der Waals surface area contributed by atoms with Gasteiger partial charge in [-0.05, 0) is 79.3 Å². The molecule has 4 bridgehead atoms. The van der Waals surface area contributed by atoms with E-state index < -0.39 is 11.6 Å². The summed E-state index contributed by atoms with van der Waals surface area (Å²) in [6.07, 6.45) is 5.05. The van der Waals surface area contributed by atoms with Crippen LogP contribution in [0.2, 0.25) is 0 Å². The van der Waals surface area contributed by atoms with Crippen molar-refractivity contribution in [2.75, 3.05) is 51.7 Å². The number of phenols is 1. The molecule has 4 aliphatic rings. The minimum atomic E-state index is -0.794. The number of nitrogens with zero attached hydrogens (tertiary/aromatic N) is 5. The van der Waals surface area contributed by atoms with Gasteiger partial charge in [-0.2, -0.15) is 9.97 Å². The van der Waals surface area contributed by atoms with Crippen molar-refractivity contribution in [2.24, 2.45) is 0 Å². The summed E-state index contributed by atoms with van der Waals surface area (Å²) in [5.41, 5.74) is 1.02. The van der Waals surface area contributed by atoms with Crippen molar-refractivity contribution in [3.8, 4) is 22.9 Å². The lowest BCUT2D eigenvalue weighted by Gasteiger charge is -2.37. The van der Waals surface area contributed by atoms with E-state index >= 15 is 8.78 Å². The topological polar surface area (TPSA) is 86.2 Å². The molecular formula is C35H40F2N6O3. The maximum atomic E-state index is 16.9. The zero-order chi connectivity index (χ0) is 31.5. The van der Waals surface area contributed by atoms with Gasteiger partial charge >= 0.3 is 6.01 Å². The summed E-state index contributed by atoms with van der Waals surface area (Å²) < 4.78 is 45.0. The van der Waals surface area contributed by atoms with Crippen molar-refractivity contribution >= 4 is 27.5 Å². The van der Waals surface area contributed by atoms with Crippen molar-refractivity contribution < 1.29 is 23.4 Å². The van der Waals surface area contributed by atoms with Crippen molar-refractivity contribution in [1.82, 2.24) is 25.1 Å². The SMILES string of the molecule is CCc1cccc2cc(O)cc(-c3c(F)cc4c(N5CC6CCC(C5)N6)nc(OCN(C)CN5C6CCC5COC6)nc4c3F)c12. The zero-order valence-corrected chi connectivity index (χ0v) is 26.3. The Balaban J connectivity index is 1.20. The second kappa shape index (κ2) is 11.9. The largest absolute Gasteiger partial charge is 0.508 e. The van der Waals surface area contributed by atoms with Crippen LogP contribution < -0.4 is 15.0 Å². The number of benzene rings is 3. The maximum Gasteiger partial charge on any atom is 0.320 e. The minimum Gasteiger partial charge on any atom is -0.508 e. The van der Waals surface area contributed by atoms with Crippen molar-refractivity contribution in [2.45, 2.75) is 63.2 Å². The Kier molecular flexibility index (Phi) is 7.67. The third-order valence-corrected chi connectivity index (χ3v) is 10.3. The van der Waals surface area contributed by atoms with E-state index in [0.717, 1.165) is 44.5 Å². The Morgan fingerprint density at radius 2 is 1.80 bits per heavy atom. The average Bonchev–Trinajstić information content (AvgIpc) is 3.48. The predicted octanol–water partition coefficient (Wildman–Crippen LogP) is 5.03. The first-order valence-corrected chi connectivity index (χ1v) is 16.5. The molecule has 242 valence electrons. The van der Waals surface area contributed by atoms with Gasteiger partial charge in [0.2, 0.25) is 0 Å². The number of hydrogen-bond acceptors (Lipinski definition) is 9. The third kappa shape index (κ3) is 5.23. The Morgan fingerprint density at radius 1 is 1.04 bits per heavy atom. The molecule has 4 saturated heterocycles. The van der Waals surface area contributed by atoms with E-state index in [1.807, 2.05) is 32.2 Å². The highest BCUT2D eigenvalue weighted by Crippen LogP contribution is 2.41. The fourth-order valence-corrected chi connectivity index (χ4v) is 8.10. The first-order chi connectivity index (χ1) is 22.4. The number of hydrogen-bond donors (Lipinski definition) is 2. The van der Waals surface area contributed by atoms with E-state index in [4.69, 9.17) is 14.5 Å². The van der Waals surface area contributed by atoms with Gasteiger partial charge in [0.1, 0.15) is 29.6 Å². The average molecular weight is 631 g/mol. The van der Waals surface area contributed by atoms with Crippen LogP contribution in [0.4, 0.5) is 14.6 Å². The van der Waals surface area contributed by atoms with Crippen LogP contribution in [0.5, 0.6) is 11.8 Å². The van der Waals surface area contributed by atoms with Crippen LogP contribution in [0.25, 0.3) is 32.8 Å². The molecule has 0 radical (unpaired) electrons. The van der Waals surface area contributed by atoms with E-state index in [2.05, 4.69) is 25.0 Å². The van der Waals surface area contributed by atoms with Crippen LogP contribution in [0.15, 0.2) is 36.4 Å². The van der Waals surface area contributed by atoms with Crippen molar-refractivity contribution in [3.05, 3.63) is 53.6 Å². The van der Waals surface area contributed by atoms with Crippen LogP contribution in [0.1, 0.15) is 38.2 Å². The van der Waals surface area contributed by atoms with Crippen molar-refractivity contribution in [1.29, 1.82) is 0 Å². The highest BCUT2D eigenvalue weighted by molar-refractivity contribution is 6.03. The molecule has 5 heterocycles. The molecule has 0 saturated carbocycles. The maximum absolute atomic E-state index is 16.9. The molecule has 0 aliphatic carbocycles. The van der Waals surface area contributed by atoms with Crippen LogP contribution in [0.3, 0.4) is 0 Å². The lowest BCUT2D eigenvalue weighted by atomic mass is 9.92. The Hall–Kier alpha value is -3.64. The molecule has 11 heteroatoms. The van der Waals surface area contributed by atoms with Crippen LogP contribution in [-0.2, 0) is 11.2 Å². The van der Waals surface area contributed by atoms with Crippen molar-refractivity contribution in [3.63, 3.8) is 0 Å². The fraction of sp³-hybridized carbons (Fsp3) is 0.486. The molecule has 4 unspecified atom stereocenters. The van der Waals surface area contributed by atoms with Gasteiger partial charge in [-0.1, -0.05) is 25.1 Å². The number of anilines is 1. The standard InChI is InChI=1S/C35H40F2N6O3/c1-3-20-5-4-6-21-11-26(44)12-27(30(20)21)31-29(36)13-28-33(32(31)37)39-35(40-34(28)42-14-22-7-8-23(15-42)38-22)46-19-41(2)18-43-24-9-10-25(43)17-45-16-24/h4-6,11-13,22-25,38,44H,3,7-10,14-19H2,1-2H3. The lowest BCUT2D eigenvalue weighted by Crippen LogP contribution is -2.51. The normalized spacial score (nSPS) is 24.5. The first kappa shape index (κ1) is 29.7. The van der Waals surface area contributed by atoms with Crippen LogP contribution in [-0.4, -0.2) is 95.8 Å². The molecule has 2 N–H and O–H groups in total. The molecule has 0 amide bonds. The zero-order valence-electron chi connectivity index (χ0n) is 26.3. The number of rotatable bonds is 8. The number of morpholine rings is 1. The van der Waals surface area contributed by atoms with Gasteiger partial charge in [-0.15, -0.1) is 0 Å². The first-order valence-electron chi connectivity index (χ1n) is 16.5. The van der Waals surface area contributed by atoms with Crippen LogP contribution >= 0.6 is 0 Å². The molecule has 46 heavy (non-hydrogen) atoms. The highest BCUT2D eigenvalue weighted by atomic mass is 19.1. The smallest absolute Gasteiger partial charge is 0.320 e. The van der Waals surface area contributed by atoms with Gasteiger partial charge in [0.05, 0.1) is 25.4 Å². The fourth-order valence-electron chi connectivity index (χ4n) is 8.10. The number of piperazine rings is 1. The number of aryl methyl sites for hydroxylation is 1. The molecule has 8 rings (SSSR count). The third-order valence-electron chi connectivity index (χ3n) is 10.3. The lowest BCUT2D eigenvalue weighted by molar-refractivity contribution is -0.0452. The quantitative estimate of drug-likeness (QED) is 0.261. The Morgan fingerprint density at radius 3 is 2.54 bits per heavy atom. The number of halogens is 2. The van der Waals surface area contributed by atoms with E-state index in [1.54, 1.807) is 6.07 Å². The summed E-state index contributed by atoms with van der Waals surface area (Å²) in [4.78, 5) is 16.0. The molecule has 4 aliphatic heterocycles. The number of aromatic nitrogens is 2. The predicted molar refractivity (Wildman–Crippen MR) is 173 cm³/mol. The summed E-state index contributed by atoms with van der Waals surface area (Å²) >= 11 is 0. The van der Waals surface area contributed by atoms with E-state index in [0.29, 0.717) is 77.9 Å². The molecule has 9 nitrogen and oxygen atoms in total. The number of aromatic hydroxyl groups is 1. The van der Waals surface area contributed by atoms with Gasteiger partial charge in [-0.3, -0.25) is 9.80 Å². The van der Waals surface area contributed by atoms with Gasteiger partial charge in [0.15, 0.2) is 5.82 Å². The highest BCUT2D eigenvalue weighted by Gasteiger charge is 2.38. The van der Waals surface area contributed by atoms with Gasteiger partial charge in [0.25, 0.3) is 0 Å². The molecule has 4 atom stereocenters. The second-order valence-corrected chi connectivity index (χ2v) is 13.4. The molecule has 3 aromatic carbocycles. The van der Waals surface area contributed by atoms with E-state index in [-0.39, 0.29) is 29.6 Å². The van der Waals surface area contributed by atoms with Gasteiger partial charge < -0.3 is 24.8 Å². The summed E-state index contributed by atoms with van der Waals surface area (Å²) in [5.74, 6) is -1.10. The van der Waals surface area contributed by atoms with Crippen LogP contribution in [0, 0.1) is 11.6 Å². The summed E-state index contributed by atoms with van der Waals surface area (Å²) in [5, 5.41) is 16.0. The monoisotopic (exact) mass is 630 g/mol. The van der Waals surface area contributed by atoms with E-state index in [1.165, 1.54) is 12.1 Å². The summed E-state index contributed by atoms with van der Waals surface area (Å²) in [7, 11) is 1.98. The molecule has 0 spiro atoms. The number of fused-ring (bicyclic) bond motifs is 6. The Bertz CT molecular complexity index is 1780. The number of phenolic OH excluding ortho intramolecular Hbond substituents is 1. The Labute approximate surface area is 267 Å². The minimum absolute atomic E-state index is 0.00151. The van der Waals surface area contributed by atoms with Gasteiger partial charge in [-0.25, -0.2) is 8.78 Å². The van der Waals surface area contributed by atoms with E-state index in [9.17, 15) is 5.11 Å². The molecular weight excluding hydrogens is 590 g/mol. The number of ether oxygens (including phenoxy) is 2. The summed E-state index contributed by atoms with van der Waals surface area (Å²) in [6.45, 7) is 5.80.